The third-order valence-electron chi connectivity index (χ3n) is 4.85. The molecule has 1 saturated carbocycles. The lowest BCUT2D eigenvalue weighted by Gasteiger charge is -2.28. The van der Waals surface area contributed by atoms with E-state index in [-0.39, 0.29) is 0 Å². The van der Waals surface area contributed by atoms with Gasteiger partial charge in [-0.05, 0) is 57.1 Å². The third-order valence-corrected chi connectivity index (χ3v) is 4.85. The van der Waals surface area contributed by atoms with E-state index < -0.39 is 0 Å². The Labute approximate surface area is 124 Å². The summed E-state index contributed by atoms with van der Waals surface area (Å²) in [6, 6.07) is 2.74. The smallest absolute Gasteiger partial charge is 0.0630 e. The lowest BCUT2D eigenvalue weighted by Crippen LogP contribution is -2.34. The van der Waals surface area contributed by atoms with Crippen molar-refractivity contribution in [3.8, 4) is 0 Å². The molecule has 0 spiro atoms. The van der Waals surface area contributed by atoms with Crippen LogP contribution in [0.15, 0.2) is 12.3 Å². The molecule has 1 atom stereocenters. The fourth-order valence-corrected chi connectivity index (χ4v) is 3.36. The van der Waals surface area contributed by atoms with Gasteiger partial charge in [0.25, 0.3) is 0 Å². The van der Waals surface area contributed by atoms with Crippen molar-refractivity contribution in [2.45, 2.75) is 71.8 Å². The Morgan fingerprint density at radius 1 is 1.35 bits per heavy atom. The van der Waals surface area contributed by atoms with Crippen molar-refractivity contribution < 1.29 is 0 Å². The summed E-state index contributed by atoms with van der Waals surface area (Å²) >= 11 is 0. The van der Waals surface area contributed by atoms with Crippen LogP contribution < -0.4 is 5.32 Å². The van der Waals surface area contributed by atoms with Gasteiger partial charge < -0.3 is 5.32 Å². The first-order chi connectivity index (χ1) is 9.69. The summed E-state index contributed by atoms with van der Waals surface area (Å²) in [4.78, 5) is 0. The van der Waals surface area contributed by atoms with Crippen LogP contribution in [0.5, 0.6) is 0 Å². The predicted molar refractivity (Wildman–Crippen MR) is 85.0 cm³/mol. The van der Waals surface area contributed by atoms with Crippen molar-refractivity contribution in [3.05, 3.63) is 18.0 Å². The highest BCUT2D eigenvalue weighted by molar-refractivity contribution is 5.05. The molecule has 114 valence electrons. The second-order valence-electron chi connectivity index (χ2n) is 6.61. The van der Waals surface area contributed by atoms with Crippen LogP contribution in [-0.4, -0.2) is 22.9 Å². The number of hydrogen-bond acceptors (Lipinski definition) is 2. The Morgan fingerprint density at radius 3 is 2.75 bits per heavy atom. The lowest BCUT2D eigenvalue weighted by molar-refractivity contribution is 0.274. The molecular weight excluding hydrogens is 246 g/mol. The summed E-state index contributed by atoms with van der Waals surface area (Å²) in [5.74, 6) is 0. The SMILES string of the molecule is CCCNCC1(Cc2ccn(C(C)CC)n2)CCCC1. The minimum atomic E-state index is 0.462. The standard InChI is InChI=1S/C17H31N3/c1-4-11-18-14-17(9-6-7-10-17)13-16-8-12-20(19-16)15(3)5-2/h8,12,15,18H,4-7,9-11,13-14H2,1-3H3. The highest BCUT2D eigenvalue weighted by Gasteiger charge is 2.34. The van der Waals surface area contributed by atoms with Crippen molar-refractivity contribution in [2.24, 2.45) is 5.41 Å². The molecule has 0 aliphatic heterocycles. The summed E-state index contributed by atoms with van der Waals surface area (Å²) in [6.07, 6.45) is 11.2. The largest absolute Gasteiger partial charge is 0.316 e. The van der Waals surface area contributed by atoms with Crippen LogP contribution in [0.2, 0.25) is 0 Å². The third kappa shape index (κ3) is 3.85. The van der Waals surface area contributed by atoms with Gasteiger partial charge >= 0.3 is 0 Å². The number of hydrogen-bond donors (Lipinski definition) is 1. The molecule has 3 heteroatoms. The second-order valence-corrected chi connectivity index (χ2v) is 6.61. The molecule has 1 aliphatic rings. The van der Waals surface area contributed by atoms with Crippen LogP contribution in [0, 0.1) is 5.41 Å². The van der Waals surface area contributed by atoms with Gasteiger partial charge in [0.2, 0.25) is 0 Å². The van der Waals surface area contributed by atoms with Gasteiger partial charge in [-0.3, -0.25) is 4.68 Å². The maximum absolute atomic E-state index is 4.81. The van der Waals surface area contributed by atoms with E-state index in [0.29, 0.717) is 11.5 Å². The monoisotopic (exact) mass is 277 g/mol. The zero-order valence-electron chi connectivity index (χ0n) is 13.5. The first-order valence-corrected chi connectivity index (χ1v) is 8.44. The summed E-state index contributed by atoms with van der Waals surface area (Å²) in [6.45, 7) is 9.01. The topological polar surface area (TPSA) is 29.9 Å². The van der Waals surface area contributed by atoms with E-state index >= 15 is 0 Å². The molecule has 0 bridgehead atoms. The van der Waals surface area contributed by atoms with E-state index in [9.17, 15) is 0 Å². The summed E-state index contributed by atoms with van der Waals surface area (Å²) in [5, 5.41) is 8.45. The van der Waals surface area contributed by atoms with Crippen molar-refractivity contribution in [2.75, 3.05) is 13.1 Å². The maximum Gasteiger partial charge on any atom is 0.0630 e. The lowest BCUT2D eigenvalue weighted by atomic mass is 9.81. The normalized spacial score (nSPS) is 19.4. The fraction of sp³-hybridized carbons (Fsp3) is 0.824. The van der Waals surface area contributed by atoms with Crippen molar-refractivity contribution in [1.29, 1.82) is 0 Å². The first kappa shape index (κ1) is 15.6. The molecule has 20 heavy (non-hydrogen) atoms. The van der Waals surface area contributed by atoms with Crippen LogP contribution in [0.1, 0.15) is 71.0 Å². The summed E-state index contributed by atoms with van der Waals surface area (Å²) < 4.78 is 2.14. The highest BCUT2D eigenvalue weighted by Crippen LogP contribution is 2.40. The highest BCUT2D eigenvalue weighted by atomic mass is 15.3. The molecule has 1 aromatic heterocycles. The van der Waals surface area contributed by atoms with Gasteiger partial charge in [-0.1, -0.05) is 26.7 Å². The van der Waals surface area contributed by atoms with Crippen LogP contribution in [0.4, 0.5) is 0 Å². The Hall–Kier alpha value is -0.830. The molecule has 2 rings (SSSR count). The van der Waals surface area contributed by atoms with Gasteiger partial charge in [0.15, 0.2) is 0 Å². The van der Waals surface area contributed by atoms with Crippen LogP contribution in [-0.2, 0) is 6.42 Å². The fourth-order valence-electron chi connectivity index (χ4n) is 3.36. The molecule has 1 aliphatic carbocycles. The Bertz CT molecular complexity index is 391. The molecule has 1 fully saturated rings. The van der Waals surface area contributed by atoms with Gasteiger partial charge in [-0.15, -0.1) is 0 Å². The summed E-state index contributed by atoms with van der Waals surface area (Å²) in [5.41, 5.74) is 1.74. The van der Waals surface area contributed by atoms with E-state index in [1.807, 2.05) is 0 Å². The Kier molecular flexibility index (Phi) is 5.64. The van der Waals surface area contributed by atoms with Gasteiger partial charge in [0, 0.05) is 18.8 Å². The number of nitrogens with one attached hydrogen (secondary N) is 1. The van der Waals surface area contributed by atoms with Crippen LogP contribution in [0.3, 0.4) is 0 Å². The molecule has 0 aromatic carbocycles. The molecule has 0 saturated heterocycles. The molecular formula is C17H31N3. The van der Waals surface area contributed by atoms with Crippen LogP contribution >= 0.6 is 0 Å². The molecule has 3 nitrogen and oxygen atoms in total. The van der Waals surface area contributed by atoms with E-state index in [2.05, 4.69) is 43.0 Å². The Balaban J connectivity index is 1.98. The maximum atomic E-state index is 4.81. The molecule has 1 heterocycles. The minimum Gasteiger partial charge on any atom is -0.316 e. The average Bonchev–Trinajstić information content (AvgIpc) is 3.09. The number of nitrogens with zero attached hydrogens (tertiary/aromatic N) is 2. The molecule has 0 radical (unpaired) electrons. The zero-order chi connectivity index (χ0) is 14.4. The molecule has 1 N–H and O–H groups in total. The predicted octanol–water partition coefficient (Wildman–Crippen LogP) is 3.96. The average molecular weight is 277 g/mol. The second kappa shape index (κ2) is 7.26. The van der Waals surface area contributed by atoms with E-state index in [4.69, 9.17) is 5.10 Å². The minimum absolute atomic E-state index is 0.462. The quantitative estimate of drug-likeness (QED) is 0.729. The van der Waals surface area contributed by atoms with E-state index in [1.54, 1.807) is 0 Å². The van der Waals surface area contributed by atoms with E-state index in [1.165, 1.54) is 37.8 Å². The van der Waals surface area contributed by atoms with Gasteiger partial charge in [0.05, 0.1) is 5.69 Å². The van der Waals surface area contributed by atoms with Crippen molar-refractivity contribution >= 4 is 0 Å². The zero-order valence-corrected chi connectivity index (χ0v) is 13.5. The van der Waals surface area contributed by atoms with Crippen molar-refractivity contribution in [1.82, 2.24) is 15.1 Å². The Morgan fingerprint density at radius 2 is 2.10 bits per heavy atom. The van der Waals surface area contributed by atoms with E-state index in [0.717, 1.165) is 25.9 Å². The first-order valence-electron chi connectivity index (χ1n) is 8.44. The van der Waals surface area contributed by atoms with Gasteiger partial charge in [-0.2, -0.15) is 5.10 Å². The van der Waals surface area contributed by atoms with Crippen LogP contribution in [0.25, 0.3) is 0 Å². The van der Waals surface area contributed by atoms with Gasteiger partial charge in [0.1, 0.15) is 0 Å². The number of aromatic nitrogens is 2. The molecule has 1 unspecified atom stereocenters. The molecule has 0 amide bonds. The number of rotatable bonds is 8. The van der Waals surface area contributed by atoms with Crippen molar-refractivity contribution in [3.63, 3.8) is 0 Å². The summed E-state index contributed by atoms with van der Waals surface area (Å²) in [7, 11) is 0. The van der Waals surface area contributed by atoms with Gasteiger partial charge in [-0.25, -0.2) is 0 Å². The molecule has 1 aromatic rings.